The second-order valence-corrected chi connectivity index (χ2v) is 3.94. The Morgan fingerprint density at radius 2 is 2.21 bits per heavy atom. The molecule has 0 fully saturated rings. The third kappa shape index (κ3) is 6.01. The molecule has 7 heteroatoms. The number of hydrogen-bond acceptors (Lipinski definition) is 3. The van der Waals surface area contributed by atoms with Crippen molar-refractivity contribution in [3.05, 3.63) is 29.8 Å². The van der Waals surface area contributed by atoms with Gasteiger partial charge in [-0.25, -0.2) is 4.79 Å². The van der Waals surface area contributed by atoms with Gasteiger partial charge in [-0.3, -0.25) is 0 Å². The van der Waals surface area contributed by atoms with Crippen molar-refractivity contribution in [2.45, 2.75) is 26.1 Å². The highest BCUT2D eigenvalue weighted by Gasteiger charge is 2.07. The van der Waals surface area contributed by atoms with E-state index >= 15 is 0 Å². The highest BCUT2D eigenvalue weighted by Crippen LogP contribution is 2.15. The number of amides is 2. The number of ether oxygens (including phenoxy) is 1. The van der Waals surface area contributed by atoms with E-state index in [0.717, 1.165) is 0 Å². The number of nitrogens with one attached hydrogen (secondary N) is 2. The highest BCUT2D eigenvalue weighted by molar-refractivity contribution is 5.74. The molecule has 19 heavy (non-hydrogen) atoms. The Labute approximate surface area is 109 Å². The van der Waals surface area contributed by atoms with Gasteiger partial charge in [0, 0.05) is 6.54 Å². The van der Waals surface area contributed by atoms with Crippen molar-refractivity contribution in [1.82, 2.24) is 10.6 Å². The Balaban J connectivity index is 2.46. The second kappa shape index (κ2) is 7.52. The molecule has 0 heterocycles. The molecule has 1 aromatic rings. The van der Waals surface area contributed by atoms with Crippen LogP contribution in [-0.2, 0) is 6.54 Å². The number of carbonyl (C=O) groups is 1. The molecule has 0 bridgehead atoms. The number of hydrogen-bond donors (Lipinski definition) is 3. The van der Waals surface area contributed by atoms with Gasteiger partial charge in [-0.15, -0.1) is 0 Å². The van der Waals surface area contributed by atoms with Crippen LogP contribution in [0.1, 0.15) is 12.5 Å². The zero-order valence-corrected chi connectivity index (χ0v) is 10.4. The third-order valence-electron chi connectivity index (χ3n) is 2.23. The number of aliphatic hydroxyl groups excluding tert-OH is 1. The first kappa shape index (κ1) is 15.2. The van der Waals surface area contributed by atoms with Gasteiger partial charge in [0.25, 0.3) is 0 Å². The molecule has 0 aliphatic rings. The molecule has 0 aliphatic carbocycles. The topological polar surface area (TPSA) is 70.6 Å². The number of benzene rings is 1. The highest BCUT2D eigenvalue weighted by atomic mass is 19.3. The lowest BCUT2D eigenvalue weighted by Gasteiger charge is -2.12. The minimum Gasteiger partial charge on any atom is -0.435 e. The standard InChI is InChI=1S/C12H16F2N2O3/c1-8(7-17)16-12(18)15-6-9-3-2-4-10(5-9)19-11(13)14/h2-5,8,11,17H,6-7H2,1H3,(H2,15,16,18)/t8-/m0/s1. The van der Waals surface area contributed by atoms with Crippen LogP contribution in [0.2, 0.25) is 0 Å². The van der Waals surface area contributed by atoms with Crippen LogP contribution < -0.4 is 15.4 Å². The third-order valence-corrected chi connectivity index (χ3v) is 2.23. The lowest BCUT2D eigenvalue weighted by molar-refractivity contribution is -0.0498. The summed E-state index contributed by atoms with van der Waals surface area (Å²) >= 11 is 0. The number of rotatable bonds is 6. The van der Waals surface area contributed by atoms with E-state index in [-0.39, 0.29) is 24.9 Å². The van der Waals surface area contributed by atoms with Crippen LogP contribution >= 0.6 is 0 Å². The monoisotopic (exact) mass is 274 g/mol. The van der Waals surface area contributed by atoms with E-state index in [1.807, 2.05) is 0 Å². The Hall–Kier alpha value is -1.89. The average Bonchev–Trinajstić information content (AvgIpc) is 2.36. The summed E-state index contributed by atoms with van der Waals surface area (Å²) in [5.74, 6) is 0.0402. The zero-order chi connectivity index (χ0) is 14.3. The van der Waals surface area contributed by atoms with Crippen molar-refractivity contribution >= 4 is 6.03 Å². The van der Waals surface area contributed by atoms with E-state index in [4.69, 9.17) is 5.11 Å². The molecule has 1 aromatic carbocycles. The van der Waals surface area contributed by atoms with Gasteiger partial charge in [0.2, 0.25) is 0 Å². The average molecular weight is 274 g/mol. The van der Waals surface area contributed by atoms with Crippen LogP contribution in [-0.4, -0.2) is 30.4 Å². The van der Waals surface area contributed by atoms with Crippen LogP contribution in [0, 0.1) is 0 Å². The molecule has 2 amide bonds. The normalized spacial score (nSPS) is 12.1. The van der Waals surface area contributed by atoms with Crippen LogP contribution in [0.25, 0.3) is 0 Å². The second-order valence-electron chi connectivity index (χ2n) is 3.94. The summed E-state index contributed by atoms with van der Waals surface area (Å²) < 4.78 is 28.3. The molecular formula is C12H16F2N2O3. The molecule has 0 saturated heterocycles. The first-order chi connectivity index (χ1) is 9.01. The molecule has 0 saturated carbocycles. The largest absolute Gasteiger partial charge is 0.435 e. The van der Waals surface area contributed by atoms with Gasteiger partial charge < -0.3 is 20.5 Å². The Morgan fingerprint density at radius 1 is 1.47 bits per heavy atom. The summed E-state index contributed by atoms with van der Waals surface area (Å²) in [5.41, 5.74) is 0.630. The Bertz CT molecular complexity index is 416. The number of alkyl halides is 2. The van der Waals surface area contributed by atoms with Gasteiger partial charge in [0.15, 0.2) is 0 Å². The molecule has 0 spiro atoms. The summed E-state index contributed by atoms with van der Waals surface area (Å²) in [4.78, 5) is 11.4. The molecule has 5 nitrogen and oxygen atoms in total. The van der Waals surface area contributed by atoms with Gasteiger partial charge >= 0.3 is 12.6 Å². The summed E-state index contributed by atoms with van der Waals surface area (Å²) in [6.07, 6.45) is 0. The fourth-order valence-electron chi connectivity index (χ4n) is 1.33. The number of carbonyl (C=O) groups excluding carboxylic acids is 1. The van der Waals surface area contributed by atoms with Crippen LogP contribution in [0.5, 0.6) is 5.75 Å². The quantitative estimate of drug-likeness (QED) is 0.735. The minimum absolute atomic E-state index is 0.0402. The minimum atomic E-state index is -2.88. The van der Waals surface area contributed by atoms with E-state index < -0.39 is 12.6 Å². The number of aliphatic hydroxyl groups is 1. The zero-order valence-electron chi connectivity index (χ0n) is 10.4. The van der Waals surface area contributed by atoms with Crippen LogP contribution in [0.3, 0.4) is 0 Å². The molecule has 3 N–H and O–H groups in total. The molecular weight excluding hydrogens is 258 g/mol. The summed E-state index contributed by atoms with van der Waals surface area (Å²) in [6.45, 7) is -1.22. The molecule has 0 aliphatic heterocycles. The van der Waals surface area contributed by atoms with Crippen molar-refractivity contribution in [3.8, 4) is 5.75 Å². The molecule has 106 valence electrons. The van der Waals surface area contributed by atoms with Gasteiger partial charge in [-0.2, -0.15) is 8.78 Å². The molecule has 1 atom stereocenters. The first-order valence-corrected chi connectivity index (χ1v) is 5.70. The molecule has 0 radical (unpaired) electrons. The summed E-state index contributed by atoms with van der Waals surface area (Å²) in [6, 6.07) is 5.26. The maximum Gasteiger partial charge on any atom is 0.387 e. The van der Waals surface area contributed by atoms with Crippen molar-refractivity contribution < 1.29 is 23.4 Å². The van der Waals surface area contributed by atoms with Crippen molar-refractivity contribution in [1.29, 1.82) is 0 Å². The number of halogens is 2. The maximum atomic E-state index is 12.0. The molecule has 0 unspecified atom stereocenters. The van der Waals surface area contributed by atoms with Crippen LogP contribution in [0.4, 0.5) is 13.6 Å². The lowest BCUT2D eigenvalue weighted by atomic mass is 10.2. The fraction of sp³-hybridized carbons (Fsp3) is 0.417. The van der Waals surface area contributed by atoms with Gasteiger partial charge in [0.05, 0.1) is 12.6 Å². The predicted molar refractivity (Wildman–Crippen MR) is 65.0 cm³/mol. The smallest absolute Gasteiger partial charge is 0.387 e. The summed E-state index contributed by atoms with van der Waals surface area (Å²) in [5, 5.41) is 13.8. The van der Waals surface area contributed by atoms with Crippen molar-refractivity contribution in [2.75, 3.05) is 6.61 Å². The van der Waals surface area contributed by atoms with Crippen molar-refractivity contribution in [3.63, 3.8) is 0 Å². The van der Waals surface area contributed by atoms with Gasteiger partial charge in [-0.05, 0) is 24.6 Å². The molecule has 0 aromatic heterocycles. The Morgan fingerprint density at radius 3 is 2.84 bits per heavy atom. The van der Waals surface area contributed by atoms with Crippen LogP contribution in [0.15, 0.2) is 24.3 Å². The van der Waals surface area contributed by atoms with E-state index in [1.165, 1.54) is 12.1 Å². The molecule has 1 rings (SSSR count). The fourth-order valence-corrected chi connectivity index (χ4v) is 1.33. The van der Waals surface area contributed by atoms with Gasteiger partial charge in [0.1, 0.15) is 5.75 Å². The number of urea groups is 1. The van der Waals surface area contributed by atoms with Gasteiger partial charge in [-0.1, -0.05) is 12.1 Å². The van der Waals surface area contributed by atoms with Crippen molar-refractivity contribution in [2.24, 2.45) is 0 Å². The van der Waals surface area contributed by atoms with E-state index in [9.17, 15) is 13.6 Å². The first-order valence-electron chi connectivity index (χ1n) is 5.70. The lowest BCUT2D eigenvalue weighted by Crippen LogP contribution is -2.41. The van der Waals surface area contributed by atoms with E-state index in [1.54, 1.807) is 19.1 Å². The SMILES string of the molecule is C[C@@H](CO)NC(=O)NCc1cccc(OC(F)F)c1. The Kier molecular flexibility index (Phi) is 6.01. The maximum absolute atomic E-state index is 12.0. The van der Waals surface area contributed by atoms with E-state index in [2.05, 4.69) is 15.4 Å². The van der Waals surface area contributed by atoms with E-state index in [0.29, 0.717) is 5.56 Å². The summed E-state index contributed by atoms with van der Waals surface area (Å²) in [7, 11) is 0. The predicted octanol–water partition coefficient (Wildman–Crippen LogP) is 1.47.